The van der Waals surface area contributed by atoms with Crippen LogP contribution in [0.5, 0.6) is 0 Å². The van der Waals surface area contributed by atoms with E-state index in [1.165, 1.54) is 6.07 Å². The molecule has 2 aromatic rings. The first-order valence-corrected chi connectivity index (χ1v) is 6.91. The average molecular weight is 298 g/mol. The Balaban J connectivity index is 2.15. The maximum atomic E-state index is 13.8. The fourth-order valence-corrected chi connectivity index (χ4v) is 2.02. The highest BCUT2D eigenvalue weighted by Gasteiger charge is 2.20. The van der Waals surface area contributed by atoms with Crippen LogP contribution in [0.3, 0.4) is 0 Å². The van der Waals surface area contributed by atoms with Gasteiger partial charge in [0.25, 0.3) is 0 Å². The molecule has 0 saturated carbocycles. The molecule has 1 aromatic carbocycles. The summed E-state index contributed by atoms with van der Waals surface area (Å²) in [6, 6.07) is 4.53. The molecule has 4 nitrogen and oxygen atoms in total. The van der Waals surface area contributed by atoms with Crippen molar-refractivity contribution in [3.8, 4) is 0 Å². The van der Waals surface area contributed by atoms with Crippen molar-refractivity contribution in [3.05, 3.63) is 46.3 Å². The maximum Gasteiger partial charge on any atom is 0.243 e. The normalized spacial score (nSPS) is 14.2. The lowest BCUT2D eigenvalue weighted by Crippen LogP contribution is -2.18. The first-order chi connectivity index (χ1) is 9.52. The van der Waals surface area contributed by atoms with Gasteiger partial charge in [0, 0.05) is 6.42 Å². The molecule has 0 radical (unpaired) electrons. The van der Waals surface area contributed by atoms with Crippen molar-refractivity contribution in [1.29, 1.82) is 0 Å². The van der Waals surface area contributed by atoms with Gasteiger partial charge in [-0.3, -0.25) is 0 Å². The van der Waals surface area contributed by atoms with Gasteiger partial charge in [-0.05, 0) is 17.5 Å². The van der Waals surface area contributed by atoms with Crippen molar-refractivity contribution in [2.45, 2.75) is 32.7 Å². The first kappa shape index (κ1) is 14.9. The molecule has 2 N–H and O–H groups in total. The summed E-state index contributed by atoms with van der Waals surface area (Å²) in [5.41, 5.74) is 6.45. The monoisotopic (exact) mass is 297 g/mol. The molecule has 0 aliphatic rings. The third kappa shape index (κ3) is 3.16. The fourth-order valence-electron chi connectivity index (χ4n) is 1.83. The van der Waals surface area contributed by atoms with Crippen LogP contribution in [0.1, 0.15) is 43.6 Å². The number of hydrogen-bond donors (Lipinski definition) is 1. The lowest BCUT2D eigenvalue weighted by molar-refractivity contribution is 0.310. The second kappa shape index (κ2) is 6.33. The Bertz CT molecular complexity index is 588. The van der Waals surface area contributed by atoms with E-state index in [-0.39, 0.29) is 23.4 Å². The molecule has 0 saturated heterocycles. The molecule has 0 amide bonds. The summed E-state index contributed by atoms with van der Waals surface area (Å²) in [5, 5.41) is 3.93. The number of rotatable bonds is 5. The van der Waals surface area contributed by atoms with Crippen LogP contribution >= 0.6 is 11.6 Å². The summed E-state index contributed by atoms with van der Waals surface area (Å²) < 4.78 is 18.9. The quantitative estimate of drug-likeness (QED) is 0.917. The predicted octanol–water partition coefficient (Wildman–Crippen LogP) is 3.50. The zero-order valence-corrected chi connectivity index (χ0v) is 12.2. The average Bonchev–Trinajstić information content (AvgIpc) is 2.90. The Morgan fingerprint density at radius 3 is 2.90 bits per heavy atom. The van der Waals surface area contributed by atoms with Crippen LogP contribution in [-0.2, 0) is 6.42 Å². The molecule has 1 heterocycles. The molecule has 0 aliphatic carbocycles. The number of hydrogen-bond acceptors (Lipinski definition) is 4. The van der Waals surface area contributed by atoms with E-state index < -0.39 is 5.82 Å². The molecule has 1 aromatic heterocycles. The van der Waals surface area contributed by atoms with Crippen LogP contribution in [0.15, 0.2) is 22.7 Å². The van der Waals surface area contributed by atoms with Gasteiger partial charge < -0.3 is 10.3 Å². The molecule has 20 heavy (non-hydrogen) atoms. The summed E-state index contributed by atoms with van der Waals surface area (Å²) in [6.07, 6.45) is 1.14. The second-order valence-electron chi connectivity index (χ2n) is 4.85. The third-order valence-corrected chi connectivity index (χ3v) is 3.70. The van der Waals surface area contributed by atoms with Crippen molar-refractivity contribution in [1.82, 2.24) is 10.1 Å². The SMILES string of the molecule is CCC(C)C(N)c1nc(Cc2cccc(Cl)c2F)no1. The highest BCUT2D eigenvalue weighted by Crippen LogP contribution is 2.22. The predicted molar refractivity (Wildman–Crippen MR) is 74.9 cm³/mol. The van der Waals surface area contributed by atoms with Gasteiger partial charge >= 0.3 is 0 Å². The summed E-state index contributed by atoms with van der Waals surface area (Å²) in [4.78, 5) is 4.23. The van der Waals surface area contributed by atoms with Gasteiger partial charge in [0.1, 0.15) is 5.82 Å². The first-order valence-electron chi connectivity index (χ1n) is 6.53. The highest BCUT2D eigenvalue weighted by molar-refractivity contribution is 6.30. The van der Waals surface area contributed by atoms with Crippen LogP contribution < -0.4 is 5.73 Å². The zero-order chi connectivity index (χ0) is 14.7. The Morgan fingerprint density at radius 1 is 1.45 bits per heavy atom. The van der Waals surface area contributed by atoms with Gasteiger partial charge in [-0.15, -0.1) is 0 Å². The Kier molecular flexibility index (Phi) is 4.73. The topological polar surface area (TPSA) is 64.9 Å². The maximum absolute atomic E-state index is 13.8. The van der Waals surface area contributed by atoms with Crippen molar-refractivity contribution >= 4 is 11.6 Å². The molecule has 2 rings (SSSR count). The Morgan fingerprint density at radius 2 is 2.20 bits per heavy atom. The lowest BCUT2D eigenvalue weighted by atomic mass is 10.0. The molecule has 0 spiro atoms. The van der Waals surface area contributed by atoms with Crippen molar-refractivity contribution in [3.63, 3.8) is 0 Å². The van der Waals surface area contributed by atoms with Crippen molar-refractivity contribution < 1.29 is 8.91 Å². The van der Waals surface area contributed by atoms with Gasteiger partial charge in [-0.25, -0.2) is 4.39 Å². The van der Waals surface area contributed by atoms with Gasteiger partial charge in [0.05, 0.1) is 11.1 Å². The van der Waals surface area contributed by atoms with Crippen LogP contribution in [0.25, 0.3) is 0 Å². The van der Waals surface area contributed by atoms with E-state index in [2.05, 4.69) is 10.1 Å². The zero-order valence-electron chi connectivity index (χ0n) is 11.4. The fraction of sp³-hybridized carbons (Fsp3) is 0.429. The third-order valence-electron chi connectivity index (χ3n) is 3.41. The number of nitrogens with zero attached hydrogens (tertiary/aromatic N) is 2. The number of aromatic nitrogens is 2. The van der Waals surface area contributed by atoms with Crippen LogP contribution in [-0.4, -0.2) is 10.1 Å². The molecular formula is C14H17ClFN3O. The number of nitrogens with two attached hydrogens (primary N) is 1. The molecular weight excluding hydrogens is 281 g/mol. The molecule has 2 atom stereocenters. The Hall–Kier alpha value is -1.46. The summed E-state index contributed by atoms with van der Waals surface area (Å²) in [7, 11) is 0. The summed E-state index contributed by atoms with van der Waals surface area (Å²) >= 11 is 5.74. The van der Waals surface area contributed by atoms with E-state index in [9.17, 15) is 4.39 Å². The van der Waals surface area contributed by atoms with E-state index >= 15 is 0 Å². The van der Waals surface area contributed by atoms with Crippen LogP contribution in [0.2, 0.25) is 5.02 Å². The van der Waals surface area contributed by atoms with Crippen molar-refractivity contribution in [2.75, 3.05) is 0 Å². The molecule has 0 bridgehead atoms. The van der Waals surface area contributed by atoms with Gasteiger partial charge in [0.15, 0.2) is 5.82 Å². The standard InChI is InChI=1S/C14H17ClFN3O/c1-3-8(2)13(17)14-18-11(19-20-14)7-9-5-4-6-10(15)12(9)16/h4-6,8,13H,3,7,17H2,1-2H3. The van der Waals surface area contributed by atoms with E-state index in [4.69, 9.17) is 21.9 Å². The molecule has 6 heteroatoms. The van der Waals surface area contributed by atoms with Gasteiger partial charge in [0.2, 0.25) is 5.89 Å². The van der Waals surface area contributed by atoms with Crippen LogP contribution in [0.4, 0.5) is 4.39 Å². The largest absolute Gasteiger partial charge is 0.338 e. The minimum absolute atomic E-state index is 0.0857. The van der Waals surface area contributed by atoms with Gasteiger partial charge in [-0.2, -0.15) is 4.98 Å². The van der Waals surface area contributed by atoms with E-state index in [1.807, 2.05) is 13.8 Å². The van der Waals surface area contributed by atoms with E-state index in [1.54, 1.807) is 12.1 Å². The number of benzene rings is 1. The Labute approximate surface area is 122 Å². The van der Waals surface area contributed by atoms with Gasteiger partial charge in [-0.1, -0.05) is 49.2 Å². The molecule has 2 unspecified atom stereocenters. The minimum atomic E-state index is -0.452. The second-order valence-corrected chi connectivity index (χ2v) is 5.26. The van der Waals surface area contributed by atoms with E-state index in [0.717, 1.165) is 6.42 Å². The van der Waals surface area contributed by atoms with Crippen molar-refractivity contribution in [2.24, 2.45) is 11.7 Å². The summed E-state index contributed by atoms with van der Waals surface area (Å²) in [6.45, 7) is 4.06. The number of halogens is 2. The lowest BCUT2D eigenvalue weighted by Gasteiger charge is -2.12. The minimum Gasteiger partial charge on any atom is -0.338 e. The smallest absolute Gasteiger partial charge is 0.243 e. The van der Waals surface area contributed by atoms with E-state index in [0.29, 0.717) is 17.3 Å². The highest BCUT2D eigenvalue weighted by atomic mass is 35.5. The summed E-state index contributed by atoms with van der Waals surface area (Å²) in [5.74, 6) is 0.578. The molecule has 108 valence electrons. The molecule has 0 fully saturated rings. The van der Waals surface area contributed by atoms with Crippen LogP contribution in [0, 0.1) is 11.7 Å². The molecule has 0 aliphatic heterocycles.